The Bertz CT molecular complexity index is 385. The average molecular weight is 263 g/mol. The molecule has 1 fully saturated rings. The van der Waals surface area contributed by atoms with Crippen molar-refractivity contribution in [2.45, 2.75) is 38.1 Å². The Balaban J connectivity index is 1.95. The van der Waals surface area contributed by atoms with Gasteiger partial charge in [-0.1, -0.05) is 5.21 Å². The zero-order chi connectivity index (χ0) is 13.2. The average Bonchev–Trinajstić information content (AvgIpc) is 3.00. The predicted molar refractivity (Wildman–Crippen MR) is 58.6 cm³/mol. The van der Waals surface area contributed by atoms with Gasteiger partial charge in [-0.2, -0.15) is 13.2 Å². The first kappa shape index (κ1) is 13.3. The van der Waals surface area contributed by atoms with Crippen LogP contribution in [0, 0.1) is 0 Å². The van der Waals surface area contributed by atoms with Gasteiger partial charge in [0.1, 0.15) is 0 Å². The Morgan fingerprint density at radius 2 is 2.17 bits per heavy atom. The maximum atomic E-state index is 12.4. The molecule has 0 unspecified atom stereocenters. The van der Waals surface area contributed by atoms with E-state index >= 15 is 0 Å². The second kappa shape index (κ2) is 5.23. The second-order valence-corrected chi connectivity index (χ2v) is 4.51. The first-order valence-electron chi connectivity index (χ1n) is 5.88. The molecule has 0 bridgehead atoms. The summed E-state index contributed by atoms with van der Waals surface area (Å²) in [5.41, 5.74) is 5.92. The summed E-state index contributed by atoms with van der Waals surface area (Å²) in [6.45, 7) is 0.254. The molecule has 0 atom stereocenters. The molecule has 2 rings (SSSR count). The van der Waals surface area contributed by atoms with E-state index < -0.39 is 12.7 Å². The van der Waals surface area contributed by atoms with E-state index in [0.717, 1.165) is 12.8 Å². The molecule has 0 aromatic carbocycles. The topological polar surface area (TPSA) is 60.0 Å². The van der Waals surface area contributed by atoms with Crippen molar-refractivity contribution >= 4 is 0 Å². The molecule has 102 valence electrons. The van der Waals surface area contributed by atoms with Crippen molar-refractivity contribution in [2.24, 2.45) is 5.73 Å². The molecule has 1 aliphatic carbocycles. The van der Waals surface area contributed by atoms with Crippen LogP contribution >= 0.6 is 0 Å². The van der Waals surface area contributed by atoms with Crippen LogP contribution in [0.1, 0.15) is 18.5 Å². The van der Waals surface area contributed by atoms with Gasteiger partial charge in [0.2, 0.25) is 0 Å². The molecule has 2 N–H and O–H groups in total. The summed E-state index contributed by atoms with van der Waals surface area (Å²) in [5, 5.41) is 7.68. The number of nitrogens with two attached hydrogens (primary N) is 1. The fourth-order valence-electron chi connectivity index (χ4n) is 1.84. The Kier molecular flexibility index (Phi) is 3.86. The van der Waals surface area contributed by atoms with E-state index in [0.29, 0.717) is 18.8 Å². The number of nitrogens with zero attached hydrogens (tertiary/aromatic N) is 4. The summed E-state index contributed by atoms with van der Waals surface area (Å²) in [6.07, 6.45) is -0.867. The molecular formula is C10H16F3N5. The van der Waals surface area contributed by atoms with Crippen molar-refractivity contribution in [2.75, 3.05) is 13.1 Å². The van der Waals surface area contributed by atoms with E-state index in [1.807, 2.05) is 0 Å². The predicted octanol–water partition coefficient (Wildman–Crippen LogP) is 0.763. The molecule has 5 nitrogen and oxygen atoms in total. The molecule has 0 spiro atoms. The van der Waals surface area contributed by atoms with Crippen molar-refractivity contribution in [1.29, 1.82) is 0 Å². The standard InChI is InChI=1S/C10H16F3N5/c11-10(12,13)7-17(9-1-2-9)5-8-6-18(4-3-14)16-15-8/h6,9H,1-5,7,14H2. The highest BCUT2D eigenvalue weighted by molar-refractivity contribution is 4.96. The number of hydrogen-bond donors (Lipinski definition) is 1. The minimum absolute atomic E-state index is 0.0336. The Labute approximate surface area is 103 Å². The van der Waals surface area contributed by atoms with Gasteiger partial charge < -0.3 is 5.73 Å². The number of alkyl halides is 3. The number of hydrogen-bond acceptors (Lipinski definition) is 4. The number of aromatic nitrogens is 3. The Morgan fingerprint density at radius 1 is 1.44 bits per heavy atom. The summed E-state index contributed by atoms with van der Waals surface area (Å²) in [4.78, 5) is 1.41. The van der Waals surface area contributed by atoms with E-state index in [9.17, 15) is 13.2 Å². The van der Waals surface area contributed by atoms with E-state index in [1.54, 1.807) is 10.9 Å². The van der Waals surface area contributed by atoms with E-state index in [4.69, 9.17) is 5.73 Å². The van der Waals surface area contributed by atoms with Crippen LogP contribution in [-0.2, 0) is 13.1 Å². The van der Waals surface area contributed by atoms with Crippen molar-refractivity contribution < 1.29 is 13.2 Å². The molecule has 1 aliphatic rings. The molecule has 1 aromatic rings. The van der Waals surface area contributed by atoms with Crippen LogP contribution in [-0.4, -0.2) is 45.2 Å². The van der Waals surface area contributed by atoms with Crippen LogP contribution in [0.2, 0.25) is 0 Å². The summed E-state index contributed by atoms with van der Waals surface area (Å²) >= 11 is 0. The zero-order valence-electron chi connectivity index (χ0n) is 9.90. The highest BCUT2D eigenvalue weighted by Gasteiger charge is 2.38. The van der Waals surface area contributed by atoms with Crippen LogP contribution < -0.4 is 5.73 Å². The van der Waals surface area contributed by atoms with Crippen molar-refractivity contribution in [1.82, 2.24) is 19.9 Å². The lowest BCUT2D eigenvalue weighted by atomic mass is 10.3. The van der Waals surface area contributed by atoms with Gasteiger partial charge >= 0.3 is 6.18 Å². The fraction of sp³-hybridized carbons (Fsp3) is 0.800. The molecule has 1 heterocycles. The Morgan fingerprint density at radius 3 is 2.72 bits per heavy atom. The lowest BCUT2D eigenvalue weighted by molar-refractivity contribution is -0.148. The van der Waals surface area contributed by atoms with Crippen LogP contribution in [0.15, 0.2) is 6.20 Å². The van der Waals surface area contributed by atoms with Crippen LogP contribution in [0.5, 0.6) is 0 Å². The van der Waals surface area contributed by atoms with Gasteiger partial charge in [-0.25, -0.2) is 0 Å². The summed E-state index contributed by atoms with van der Waals surface area (Å²) in [6, 6.07) is 0.0336. The summed E-state index contributed by atoms with van der Waals surface area (Å²) < 4.78 is 38.8. The molecule has 0 radical (unpaired) electrons. The van der Waals surface area contributed by atoms with Gasteiger partial charge in [-0.05, 0) is 12.8 Å². The maximum absolute atomic E-state index is 12.4. The molecule has 1 aromatic heterocycles. The highest BCUT2D eigenvalue weighted by Crippen LogP contribution is 2.31. The van der Waals surface area contributed by atoms with E-state index in [-0.39, 0.29) is 12.6 Å². The minimum Gasteiger partial charge on any atom is -0.329 e. The molecule has 18 heavy (non-hydrogen) atoms. The first-order chi connectivity index (χ1) is 8.48. The van der Waals surface area contributed by atoms with Gasteiger partial charge in [0, 0.05) is 25.3 Å². The Hall–Kier alpha value is -1.15. The smallest absolute Gasteiger partial charge is 0.329 e. The van der Waals surface area contributed by atoms with E-state index in [2.05, 4.69) is 10.3 Å². The van der Waals surface area contributed by atoms with Crippen LogP contribution in [0.3, 0.4) is 0 Å². The molecule has 0 amide bonds. The highest BCUT2D eigenvalue weighted by atomic mass is 19.4. The minimum atomic E-state index is -4.17. The third kappa shape index (κ3) is 3.95. The molecular weight excluding hydrogens is 247 g/mol. The van der Waals surface area contributed by atoms with Crippen LogP contribution in [0.4, 0.5) is 13.2 Å². The van der Waals surface area contributed by atoms with Crippen molar-refractivity contribution in [3.05, 3.63) is 11.9 Å². The van der Waals surface area contributed by atoms with Crippen molar-refractivity contribution in [3.8, 4) is 0 Å². The van der Waals surface area contributed by atoms with Gasteiger partial charge in [0.15, 0.2) is 0 Å². The van der Waals surface area contributed by atoms with Gasteiger partial charge in [0.25, 0.3) is 0 Å². The van der Waals surface area contributed by atoms with Crippen molar-refractivity contribution in [3.63, 3.8) is 0 Å². The quantitative estimate of drug-likeness (QED) is 0.823. The number of rotatable bonds is 6. The normalized spacial score (nSPS) is 16.5. The number of halogens is 3. The maximum Gasteiger partial charge on any atom is 0.401 e. The fourth-order valence-corrected chi connectivity index (χ4v) is 1.84. The first-order valence-corrected chi connectivity index (χ1v) is 5.88. The van der Waals surface area contributed by atoms with Crippen LogP contribution in [0.25, 0.3) is 0 Å². The molecule has 8 heteroatoms. The second-order valence-electron chi connectivity index (χ2n) is 4.51. The third-order valence-corrected chi connectivity index (χ3v) is 2.76. The molecule has 0 aliphatic heterocycles. The summed E-state index contributed by atoms with van der Waals surface area (Å²) in [5.74, 6) is 0. The largest absolute Gasteiger partial charge is 0.401 e. The van der Waals surface area contributed by atoms with Gasteiger partial charge in [-0.15, -0.1) is 5.10 Å². The lowest BCUT2D eigenvalue weighted by Gasteiger charge is -2.21. The van der Waals surface area contributed by atoms with E-state index in [1.165, 1.54) is 4.90 Å². The van der Waals surface area contributed by atoms with Gasteiger partial charge in [0.05, 0.1) is 18.8 Å². The zero-order valence-corrected chi connectivity index (χ0v) is 9.90. The monoisotopic (exact) mass is 263 g/mol. The third-order valence-electron chi connectivity index (χ3n) is 2.76. The molecule has 1 saturated carbocycles. The lowest BCUT2D eigenvalue weighted by Crippen LogP contribution is -2.35. The summed E-state index contributed by atoms with van der Waals surface area (Å²) in [7, 11) is 0. The van der Waals surface area contributed by atoms with Gasteiger partial charge in [-0.3, -0.25) is 9.58 Å². The SMILES string of the molecule is NCCn1cc(CN(CC(F)(F)F)C2CC2)nn1. The molecule has 0 saturated heterocycles.